The molecule has 4 N–H and O–H groups in total. The van der Waals surface area contributed by atoms with Crippen LogP contribution < -0.4 is 11.5 Å². The molecule has 0 spiro atoms. The second-order valence-corrected chi connectivity index (χ2v) is 3.44. The van der Waals surface area contributed by atoms with E-state index in [1.807, 2.05) is 0 Å². The molecule has 1 rings (SSSR count). The lowest BCUT2D eigenvalue weighted by Crippen LogP contribution is -2.32. The van der Waals surface area contributed by atoms with E-state index >= 15 is 0 Å². The number of hydrogen-bond donors (Lipinski definition) is 2. The molecular weight excluding hydrogens is 210 g/mol. The van der Waals surface area contributed by atoms with E-state index in [1.165, 1.54) is 12.1 Å². The third kappa shape index (κ3) is 2.41. The van der Waals surface area contributed by atoms with Crippen LogP contribution in [0, 0.1) is 11.6 Å². The van der Waals surface area contributed by atoms with Crippen molar-refractivity contribution in [3.8, 4) is 0 Å². The van der Waals surface area contributed by atoms with Gasteiger partial charge >= 0.3 is 0 Å². The molecule has 14 heavy (non-hydrogen) atoms. The van der Waals surface area contributed by atoms with E-state index in [0.717, 1.165) is 0 Å². The minimum absolute atomic E-state index is 0.199. The summed E-state index contributed by atoms with van der Waals surface area (Å²) in [5.41, 5.74) is 11.0. The molecule has 0 bridgehead atoms. The number of nitrogens with two attached hydrogens (primary N) is 2. The van der Waals surface area contributed by atoms with E-state index < -0.39 is 11.6 Å². The second-order valence-electron chi connectivity index (χ2n) is 3.03. The maximum absolute atomic E-state index is 13.2. The van der Waals surface area contributed by atoms with Gasteiger partial charge in [0.05, 0.1) is 5.02 Å². The first kappa shape index (κ1) is 11.4. The number of hydrogen-bond acceptors (Lipinski definition) is 2. The van der Waals surface area contributed by atoms with Crippen LogP contribution in [0.2, 0.25) is 5.02 Å². The van der Waals surface area contributed by atoms with Gasteiger partial charge in [0.15, 0.2) is 11.6 Å². The Morgan fingerprint density at radius 2 is 1.93 bits per heavy atom. The molecule has 1 unspecified atom stereocenters. The minimum Gasteiger partial charge on any atom is -0.329 e. The van der Waals surface area contributed by atoms with Crippen LogP contribution in [0.3, 0.4) is 0 Å². The van der Waals surface area contributed by atoms with Gasteiger partial charge in [0.25, 0.3) is 0 Å². The van der Waals surface area contributed by atoms with Crippen LogP contribution in [-0.2, 0) is 6.42 Å². The summed E-state index contributed by atoms with van der Waals surface area (Å²) in [6, 6.07) is 2.35. The SMILES string of the molecule is NCC(N)Cc1ccc(Cl)c(F)c1F. The van der Waals surface area contributed by atoms with Crippen molar-refractivity contribution in [1.29, 1.82) is 0 Å². The van der Waals surface area contributed by atoms with E-state index in [9.17, 15) is 8.78 Å². The lowest BCUT2D eigenvalue weighted by molar-refractivity contribution is 0.493. The van der Waals surface area contributed by atoms with Crippen molar-refractivity contribution in [3.63, 3.8) is 0 Å². The number of halogens is 3. The summed E-state index contributed by atoms with van der Waals surface area (Å²) >= 11 is 5.39. The third-order valence-electron chi connectivity index (χ3n) is 1.90. The Labute approximate surface area is 85.8 Å². The predicted octanol–water partition coefficient (Wildman–Crippen LogP) is 1.45. The van der Waals surface area contributed by atoms with Gasteiger partial charge in [-0.3, -0.25) is 0 Å². The van der Waals surface area contributed by atoms with Gasteiger partial charge in [-0.2, -0.15) is 0 Å². The maximum Gasteiger partial charge on any atom is 0.177 e. The molecule has 0 heterocycles. The van der Waals surface area contributed by atoms with Crippen LogP contribution in [0.25, 0.3) is 0 Å². The topological polar surface area (TPSA) is 52.0 Å². The van der Waals surface area contributed by atoms with Crippen LogP contribution in [0.4, 0.5) is 8.78 Å². The fraction of sp³-hybridized carbons (Fsp3) is 0.333. The van der Waals surface area contributed by atoms with Gasteiger partial charge in [0.1, 0.15) is 0 Å². The van der Waals surface area contributed by atoms with E-state index in [-0.39, 0.29) is 29.6 Å². The zero-order valence-electron chi connectivity index (χ0n) is 7.43. The first-order chi connectivity index (χ1) is 6.56. The van der Waals surface area contributed by atoms with Crippen molar-refractivity contribution in [3.05, 3.63) is 34.4 Å². The highest BCUT2D eigenvalue weighted by Crippen LogP contribution is 2.20. The molecule has 0 aliphatic heterocycles. The molecule has 5 heteroatoms. The van der Waals surface area contributed by atoms with E-state index in [0.29, 0.717) is 0 Å². The number of benzene rings is 1. The van der Waals surface area contributed by atoms with Gasteiger partial charge in [0.2, 0.25) is 0 Å². The fourth-order valence-corrected chi connectivity index (χ4v) is 1.24. The van der Waals surface area contributed by atoms with Crippen LogP contribution in [0.15, 0.2) is 12.1 Å². The summed E-state index contributed by atoms with van der Waals surface area (Å²) in [7, 11) is 0. The summed E-state index contributed by atoms with van der Waals surface area (Å²) in [6.07, 6.45) is 0.205. The average Bonchev–Trinajstić information content (AvgIpc) is 2.19. The second kappa shape index (κ2) is 4.68. The van der Waals surface area contributed by atoms with Gasteiger partial charge in [-0.1, -0.05) is 17.7 Å². The fourth-order valence-electron chi connectivity index (χ4n) is 1.09. The Balaban J connectivity index is 2.94. The first-order valence-corrected chi connectivity index (χ1v) is 4.52. The van der Waals surface area contributed by atoms with Crippen molar-refractivity contribution in [2.75, 3.05) is 6.54 Å². The molecule has 1 aromatic rings. The molecule has 78 valence electrons. The average molecular weight is 221 g/mol. The molecule has 0 aliphatic carbocycles. The smallest absolute Gasteiger partial charge is 0.177 e. The highest BCUT2D eigenvalue weighted by atomic mass is 35.5. The number of rotatable bonds is 3. The highest BCUT2D eigenvalue weighted by Gasteiger charge is 2.13. The van der Waals surface area contributed by atoms with Crippen molar-refractivity contribution in [2.24, 2.45) is 11.5 Å². The van der Waals surface area contributed by atoms with Crippen molar-refractivity contribution < 1.29 is 8.78 Å². The summed E-state index contributed by atoms with van der Waals surface area (Å²) < 4.78 is 26.2. The Bertz CT molecular complexity index is 331. The third-order valence-corrected chi connectivity index (χ3v) is 2.19. The van der Waals surface area contributed by atoms with Crippen LogP contribution in [-0.4, -0.2) is 12.6 Å². The Morgan fingerprint density at radius 3 is 2.50 bits per heavy atom. The minimum atomic E-state index is -1.03. The molecule has 0 amide bonds. The van der Waals surface area contributed by atoms with Crippen molar-refractivity contribution in [2.45, 2.75) is 12.5 Å². The summed E-state index contributed by atoms with van der Waals surface area (Å²) in [4.78, 5) is 0. The molecule has 0 aliphatic rings. The van der Waals surface area contributed by atoms with Gasteiger partial charge in [-0.15, -0.1) is 0 Å². The summed E-state index contributed by atoms with van der Waals surface area (Å²) in [5.74, 6) is -1.98. The monoisotopic (exact) mass is 220 g/mol. The zero-order valence-corrected chi connectivity index (χ0v) is 8.19. The normalized spacial score (nSPS) is 12.9. The Kier molecular flexibility index (Phi) is 3.80. The van der Waals surface area contributed by atoms with Crippen LogP contribution >= 0.6 is 11.6 Å². The van der Waals surface area contributed by atoms with Crippen molar-refractivity contribution >= 4 is 11.6 Å². The summed E-state index contributed by atoms with van der Waals surface area (Å²) in [6.45, 7) is 0.226. The molecule has 2 nitrogen and oxygen atoms in total. The van der Waals surface area contributed by atoms with Crippen LogP contribution in [0.1, 0.15) is 5.56 Å². The molecule has 1 aromatic carbocycles. The largest absolute Gasteiger partial charge is 0.329 e. The Morgan fingerprint density at radius 1 is 1.29 bits per heavy atom. The molecule has 0 radical (unpaired) electrons. The maximum atomic E-state index is 13.2. The molecular formula is C9H11ClF2N2. The molecule has 0 fully saturated rings. The van der Waals surface area contributed by atoms with Gasteiger partial charge < -0.3 is 11.5 Å². The Hall–Kier alpha value is -0.710. The van der Waals surface area contributed by atoms with E-state index in [2.05, 4.69) is 0 Å². The van der Waals surface area contributed by atoms with Crippen LogP contribution in [0.5, 0.6) is 0 Å². The van der Waals surface area contributed by atoms with E-state index in [1.54, 1.807) is 0 Å². The predicted molar refractivity (Wildman–Crippen MR) is 52.1 cm³/mol. The van der Waals surface area contributed by atoms with Gasteiger partial charge in [0, 0.05) is 12.6 Å². The first-order valence-electron chi connectivity index (χ1n) is 4.14. The lowest BCUT2D eigenvalue weighted by atomic mass is 10.1. The van der Waals surface area contributed by atoms with E-state index in [4.69, 9.17) is 23.1 Å². The molecule has 0 saturated carbocycles. The molecule has 0 aromatic heterocycles. The quantitative estimate of drug-likeness (QED) is 0.758. The molecule has 0 saturated heterocycles. The lowest BCUT2D eigenvalue weighted by Gasteiger charge is -2.09. The highest BCUT2D eigenvalue weighted by molar-refractivity contribution is 6.30. The summed E-state index contributed by atoms with van der Waals surface area (Å²) in [5, 5.41) is -0.229. The van der Waals surface area contributed by atoms with Crippen molar-refractivity contribution in [1.82, 2.24) is 0 Å². The van der Waals surface area contributed by atoms with Gasteiger partial charge in [-0.25, -0.2) is 8.78 Å². The van der Waals surface area contributed by atoms with Gasteiger partial charge in [-0.05, 0) is 18.1 Å². The zero-order chi connectivity index (χ0) is 10.7. The standard InChI is InChI=1S/C9H11ClF2N2/c10-7-2-1-5(3-6(14)4-13)8(11)9(7)12/h1-2,6H,3-4,13-14H2. The molecule has 1 atom stereocenters.